The predicted molar refractivity (Wildman–Crippen MR) is 93.3 cm³/mol. The van der Waals surface area contributed by atoms with Crippen LogP contribution in [-0.2, 0) is 15.1 Å². The van der Waals surface area contributed by atoms with Crippen molar-refractivity contribution in [2.45, 2.75) is 12.5 Å². The number of hydrogen-bond acceptors (Lipinski definition) is 4. The highest BCUT2D eigenvalue weighted by Gasteiger charge is 2.37. The summed E-state index contributed by atoms with van der Waals surface area (Å²) in [7, 11) is 3.50. The number of hydrogen-bond donors (Lipinski definition) is 2. The van der Waals surface area contributed by atoms with Crippen LogP contribution in [0.3, 0.4) is 0 Å². The van der Waals surface area contributed by atoms with Gasteiger partial charge in [0, 0.05) is 6.20 Å². The minimum atomic E-state index is -1.04. The molecule has 0 bridgehead atoms. The summed E-state index contributed by atoms with van der Waals surface area (Å²) in [5, 5.41) is 5.28. The summed E-state index contributed by atoms with van der Waals surface area (Å²) < 4.78 is 13.2. The quantitative estimate of drug-likeness (QED) is 0.837. The maximum atomic E-state index is 13.2. The van der Waals surface area contributed by atoms with Crippen molar-refractivity contribution in [3.63, 3.8) is 0 Å². The summed E-state index contributed by atoms with van der Waals surface area (Å²) in [6.07, 6.45) is 3.12. The molecule has 2 N–H and O–H groups in total. The lowest BCUT2D eigenvalue weighted by molar-refractivity contribution is -0.133. The molecule has 0 unspecified atom stereocenters. The monoisotopic (exact) mass is 344 g/mol. The van der Waals surface area contributed by atoms with E-state index in [-0.39, 0.29) is 24.2 Å². The van der Waals surface area contributed by atoms with E-state index >= 15 is 0 Å². The van der Waals surface area contributed by atoms with E-state index in [0.29, 0.717) is 11.3 Å². The highest BCUT2D eigenvalue weighted by molar-refractivity contribution is 5.96. The third-order valence-electron chi connectivity index (χ3n) is 4.10. The van der Waals surface area contributed by atoms with Crippen molar-refractivity contribution in [2.24, 2.45) is 0 Å². The van der Waals surface area contributed by atoms with Crippen molar-refractivity contribution >= 4 is 17.5 Å². The van der Waals surface area contributed by atoms with Gasteiger partial charge in [-0.05, 0) is 50.8 Å². The molecule has 0 aliphatic heterocycles. The first-order valence-electron chi connectivity index (χ1n) is 7.75. The molecule has 0 fully saturated rings. The number of nitrogens with one attached hydrogen (secondary N) is 2. The van der Waals surface area contributed by atoms with Gasteiger partial charge in [-0.25, -0.2) is 4.39 Å². The van der Waals surface area contributed by atoms with Crippen LogP contribution < -0.4 is 10.6 Å². The van der Waals surface area contributed by atoms with Crippen LogP contribution in [0, 0.1) is 5.82 Å². The lowest BCUT2D eigenvalue weighted by atomic mass is 9.89. The van der Waals surface area contributed by atoms with Crippen molar-refractivity contribution in [1.82, 2.24) is 15.2 Å². The maximum absolute atomic E-state index is 13.2. The van der Waals surface area contributed by atoms with Gasteiger partial charge in [-0.3, -0.25) is 19.5 Å². The van der Waals surface area contributed by atoms with Gasteiger partial charge in [0.25, 0.3) is 0 Å². The Labute approximate surface area is 146 Å². The van der Waals surface area contributed by atoms with E-state index in [1.807, 2.05) is 0 Å². The normalized spacial score (nSPS) is 13.2. The zero-order valence-corrected chi connectivity index (χ0v) is 14.4. The van der Waals surface area contributed by atoms with Crippen molar-refractivity contribution < 1.29 is 14.0 Å². The Kier molecular flexibility index (Phi) is 5.82. The number of benzene rings is 1. The molecule has 2 aromatic rings. The molecule has 2 amide bonds. The molecule has 0 radical (unpaired) electrons. The second-order valence-electron chi connectivity index (χ2n) is 5.95. The van der Waals surface area contributed by atoms with E-state index in [0.717, 1.165) is 0 Å². The van der Waals surface area contributed by atoms with E-state index in [2.05, 4.69) is 15.6 Å². The molecule has 6 nitrogen and oxygen atoms in total. The molecule has 25 heavy (non-hydrogen) atoms. The maximum Gasteiger partial charge on any atom is 0.245 e. The van der Waals surface area contributed by atoms with Gasteiger partial charge in [0.05, 0.1) is 18.4 Å². The summed E-state index contributed by atoms with van der Waals surface area (Å²) in [4.78, 5) is 30.3. The Bertz CT molecular complexity index is 735. The van der Waals surface area contributed by atoms with Gasteiger partial charge in [0.2, 0.25) is 11.8 Å². The Morgan fingerprint density at radius 2 is 1.88 bits per heavy atom. The van der Waals surface area contributed by atoms with Crippen LogP contribution in [0.25, 0.3) is 0 Å². The molecule has 2 rings (SSSR count). The van der Waals surface area contributed by atoms with Crippen molar-refractivity contribution in [2.75, 3.05) is 26.0 Å². The van der Waals surface area contributed by atoms with Crippen LogP contribution in [0.4, 0.5) is 10.1 Å². The van der Waals surface area contributed by atoms with Crippen LogP contribution in [0.15, 0.2) is 48.8 Å². The largest absolute Gasteiger partial charge is 0.345 e. The van der Waals surface area contributed by atoms with Crippen LogP contribution in [0.1, 0.15) is 12.5 Å². The number of pyridine rings is 1. The Morgan fingerprint density at radius 3 is 2.44 bits per heavy atom. The lowest BCUT2D eigenvalue weighted by Gasteiger charge is -2.35. The Balaban J connectivity index is 2.05. The molecule has 0 aliphatic rings. The van der Waals surface area contributed by atoms with Gasteiger partial charge in [-0.1, -0.05) is 12.1 Å². The van der Waals surface area contributed by atoms with Crippen LogP contribution in [0.2, 0.25) is 0 Å². The molecular weight excluding hydrogens is 323 g/mol. The van der Waals surface area contributed by atoms with Gasteiger partial charge in [0.1, 0.15) is 11.4 Å². The fourth-order valence-corrected chi connectivity index (χ4v) is 2.34. The number of likely N-dealkylation sites (N-methyl/N-ethyl adjacent to an activating group) is 1. The molecule has 0 saturated carbocycles. The van der Waals surface area contributed by atoms with Crippen LogP contribution in [0.5, 0.6) is 0 Å². The third-order valence-corrected chi connectivity index (χ3v) is 4.10. The second-order valence-corrected chi connectivity index (χ2v) is 5.95. The summed E-state index contributed by atoms with van der Waals surface area (Å²) in [6, 6.07) is 9.13. The van der Waals surface area contributed by atoms with E-state index in [4.69, 9.17) is 0 Å². The molecule has 132 valence electrons. The minimum Gasteiger partial charge on any atom is -0.345 e. The zero-order valence-electron chi connectivity index (χ0n) is 14.4. The first kappa shape index (κ1) is 18.5. The number of anilines is 1. The molecule has 0 spiro atoms. The van der Waals surface area contributed by atoms with Crippen LogP contribution >= 0.6 is 0 Å². The number of halogens is 1. The molecule has 7 heteroatoms. The smallest absolute Gasteiger partial charge is 0.245 e. The van der Waals surface area contributed by atoms with Gasteiger partial charge < -0.3 is 10.6 Å². The van der Waals surface area contributed by atoms with E-state index < -0.39 is 5.54 Å². The van der Waals surface area contributed by atoms with Crippen LogP contribution in [-0.4, -0.2) is 42.3 Å². The second kappa shape index (κ2) is 7.85. The summed E-state index contributed by atoms with van der Waals surface area (Å²) in [5.41, 5.74) is 0.141. The number of carbonyl (C=O) groups excluding carboxylic acids is 2. The first-order valence-corrected chi connectivity index (χ1v) is 7.75. The molecule has 1 atom stereocenters. The van der Waals surface area contributed by atoms with E-state index in [9.17, 15) is 14.0 Å². The summed E-state index contributed by atoms with van der Waals surface area (Å²) in [6.45, 7) is 1.53. The highest BCUT2D eigenvalue weighted by atomic mass is 19.1. The third kappa shape index (κ3) is 4.39. The number of carbonyl (C=O) groups is 2. The average Bonchev–Trinajstić information content (AvgIpc) is 2.60. The fourth-order valence-electron chi connectivity index (χ4n) is 2.34. The predicted octanol–water partition coefficient (Wildman–Crippen LogP) is 1.75. The zero-order chi connectivity index (χ0) is 18.4. The summed E-state index contributed by atoms with van der Waals surface area (Å²) >= 11 is 0. The van der Waals surface area contributed by atoms with Crippen molar-refractivity contribution in [3.05, 3.63) is 60.2 Å². The lowest BCUT2D eigenvalue weighted by Crippen LogP contribution is -2.52. The van der Waals surface area contributed by atoms with Gasteiger partial charge in [0.15, 0.2) is 0 Å². The molecule has 0 saturated heterocycles. The van der Waals surface area contributed by atoms with E-state index in [1.54, 1.807) is 56.4 Å². The SMILES string of the molecule is CN(C)[C@@](C)(C(=O)NCC(=O)Nc1cccnc1)c1ccc(F)cc1. The van der Waals surface area contributed by atoms with Gasteiger partial charge >= 0.3 is 0 Å². The van der Waals surface area contributed by atoms with Crippen molar-refractivity contribution in [3.8, 4) is 0 Å². The number of nitrogens with zero attached hydrogens (tertiary/aromatic N) is 2. The number of aromatic nitrogens is 1. The standard InChI is InChI=1S/C18H21FN4O2/c1-18(23(2)3,13-6-8-14(19)9-7-13)17(25)21-12-16(24)22-15-5-4-10-20-11-15/h4-11H,12H2,1-3H3,(H,21,25)(H,22,24)/t18-/m1/s1. The highest BCUT2D eigenvalue weighted by Crippen LogP contribution is 2.26. The minimum absolute atomic E-state index is 0.182. The fraction of sp³-hybridized carbons (Fsp3) is 0.278. The molecule has 1 heterocycles. The van der Waals surface area contributed by atoms with Crippen molar-refractivity contribution in [1.29, 1.82) is 0 Å². The number of amides is 2. The Morgan fingerprint density at radius 1 is 1.20 bits per heavy atom. The van der Waals surface area contributed by atoms with E-state index in [1.165, 1.54) is 18.3 Å². The molecule has 0 aliphatic carbocycles. The molecular formula is C18H21FN4O2. The topological polar surface area (TPSA) is 74.3 Å². The molecule has 1 aromatic carbocycles. The first-order chi connectivity index (χ1) is 11.8. The average molecular weight is 344 g/mol. The number of rotatable bonds is 6. The molecule has 1 aromatic heterocycles. The Hall–Kier alpha value is -2.80. The summed E-state index contributed by atoms with van der Waals surface area (Å²) in [5.74, 6) is -1.09. The van der Waals surface area contributed by atoms with Gasteiger partial charge in [-0.2, -0.15) is 0 Å². The van der Waals surface area contributed by atoms with Gasteiger partial charge in [-0.15, -0.1) is 0 Å².